The summed E-state index contributed by atoms with van der Waals surface area (Å²) in [4.78, 5) is 12.2. The fourth-order valence-corrected chi connectivity index (χ4v) is 3.47. The van der Waals surface area contributed by atoms with E-state index in [9.17, 15) is 4.79 Å². The van der Waals surface area contributed by atoms with Gasteiger partial charge in [-0.1, -0.05) is 26.0 Å². The highest BCUT2D eigenvalue weighted by atomic mass is 16.2. The number of nitrogens with one attached hydrogen (secondary N) is 1. The summed E-state index contributed by atoms with van der Waals surface area (Å²) in [5.74, 6) is 0.871. The van der Waals surface area contributed by atoms with Gasteiger partial charge in [0.05, 0.1) is 5.41 Å². The zero-order valence-corrected chi connectivity index (χ0v) is 10.0. The average molecular weight is 207 g/mol. The van der Waals surface area contributed by atoms with Gasteiger partial charge >= 0.3 is 0 Å². The van der Waals surface area contributed by atoms with E-state index in [2.05, 4.69) is 25.7 Å². The zero-order valence-electron chi connectivity index (χ0n) is 10.0. The Morgan fingerprint density at radius 2 is 2.27 bits per heavy atom. The average Bonchev–Trinajstić information content (AvgIpc) is 2.68. The SMILES string of the molecule is C=C1C(C)(C)[C@@H]2CC[C@@]1(C(=O)NCC)C2. The first-order valence-electron chi connectivity index (χ1n) is 5.93. The molecule has 0 aromatic heterocycles. The molecule has 2 fully saturated rings. The Balaban J connectivity index is 2.31. The van der Waals surface area contributed by atoms with Crippen LogP contribution in [0.4, 0.5) is 0 Å². The van der Waals surface area contributed by atoms with Crippen molar-refractivity contribution in [3.63, 3.8) is 0 Å². The zero-order chi connectivity index (χ0) is 11.3. The van der Waals surface area contributed by atoms with Crippen molar-refractivity contribution in [2.45, 2.75) is 40.0 Å². The van der Waals surface area contributed by atoms with Gasteiger partial charge in [-0.05, 0) is 37.5 Å². The second kappa shape index (κ2) is 3.10. The van der Waals surface area contributed by atoms with Crippen LogP contribution in [0.1, 0.15) is 40.0 Å². The summed E-state index contributed by atoms with van der Waals surface area (Å²) in [6.45, 7) is 11.4. The molecule has 2 heteroatoms. The monoisotopic (exact) mass is 207 g/mol. The Labute approximate surface area is 92.1 Å². The van der Waals surface area contributed by atoms with Gasteiger partial charge in [-0.25, -0.2) is 0 Å². The van der Waals surface area contributed by atoms with Gasteiger partial charge in [-0.2, -0.15) is 0 Å². The number of carbonyl (C=O) groups excluding carboxylic acids is 1. The minimum atomic E-state index is -0.232. The first-order chi connectivity index (χ1) is 6.95. The Bertz CT molecular complexity index is 318. The third-order valence-electron chi connectivity index (χ3n) is 4.66. The lowest BCUT2D eigenvalue weighted by Gasteiger charge is -2.37. The Hall–Kier alpha value is -0.790. The quantitative estimate of drug-likeness (QED) is 0.693. The lowest BCUT2D eigenvalue weighted by atomic mass is 9.68. The summed E-state index contributed by atoms with van der Waals surface area (Å²) in [6, 6.07) is 0. The molecule has 2 aliphatic carbocycles. The number of hydrogen-bond donors (Lipinski definition) is 1. The molecule has 2 aliphatic rings. The molecule has 0 heterocycles. The minimum Gasteiger partial charge on any atom is -0.356 e. The topological polar surface area (TPSA) is 29.1 Å². The summed E-state index contributed by atoms with van der Waals surface area (Å²) in [6.07, 6.45) is 3.21. The van der Waals surface area contributed by atoms with E-state index in [0.29, 0.717) is 5.92 Å². The summed E-state index contributed by atoms with van der Waals surface area (Å²) >= 11 is 0. The molecule has 0 radical (unpaired) electrons. The largest absolute Gasteiger partial charge is 0.356 e. The van der Waals surface area contributed by atoms with Gasteiger partial charge in [0.2, 0.25) is 5.91 Å². The van der Waals surface area contributed by atoms with Crippen LogP contribution in [0, 0.1) is 16.7 Å². The van der Waals surface area contributed by atoms with Crippen molar-refractivity contribution in [1.82, 2.24) is 5.32 Å². The molecule has 15 heavy (non-hydrogen) atoms. The number of rotatable bonds is 2. The number of fused-ring (bicyclic) bond motifs is 2. The normalized spacial score (nSPS) is 37.0. The second-order valence-electron chi connectivity index (χ2n) is 5.58. The molecule has 2 saturated carbocycles. The molecule has 0 saturated heterocycles. The predicted molar refractivity (Wildman–Crippen MR) is 61.4 cm³/mol. The van der Waals surface area contributed by atoms with Crippen molar-refractivity contribution >= 4 is 5.91 Å². The molecule has 84 valence electrons. The van der Waals surface area contributed by atoms with Crippen LogP contribution in [0.2, 0.25) is 0 Å². The van der Waals surface area contributed by atoms with Gasteiger partial charge in [-0.15, -0.1) is 0 Å². The van der Waals surface area contributed by atoms with Gasteiger partial charge in [0.15, 0.2) is 0 Å². The van der Waals surface area contributed by atoms with Crippen molar-refractivity contribution in [2.24, 2.45) is 16.7 Å². The van der Waals surface area contributed by atoms with Crippen molar-refractivity contribution in [3.8, 4) is 0 Å². The van der Waals surface area contributed by atoms with E-state index in [-0.39, 0.29) is 16.7 Å². The van der Waals surface area contributed by atoms with Crippen molar-refractivity contribution in [2.75, 3.05) is 6.54 Å². The molecule has 1 amide bonds. The fourth-order valence-electron chi connectivity index (χ4n) is 3.47. The van der Waals surface area contributed by atoms with Gasteiger partial charge in [0, 0.05) is 6.54 Å². The number of hydrogen-bond acceptors (Lipinski definition) is 1. The molecule has 2 nitrogen and oxygen atoms in total. The van der Waals surface area contributed by atoms with Crippen LogP contribution in [0.15, 0.2) is 12.2 Å². The lowest BCUT2D eigenvalue weighted by Crippen LogP contribution is -2.41. The van der Waals surface area contributed by atoms with E-state index >= 15 is 0 Å². The standard InChI is InChI=1S/C13H21NO/c1-5-14-11(15)13-7-6-10(8-13)12(3,4)9(13)2/h10H,2,5-8H2,1,3-4H3,(H,14,15)/t10-,13-/m1/s1. The highest BCUT2D eigenvalue weighted by Crippen LogP contribution is 2.65. The summed E-state index contributed by atoms with van der Waals surface area (Å²) in [5, 5.41) is 2.97. The van der Waals surface area contributed by atoms with Crippen LogP contribution in [0.5, 0.6) is 0 Å². The van der Waals surface area contributed by atoms with Crippen LogP contribution < -0.4 is 5.32 Å². The van der Waals surface area contributed by atoms with Crippen LogP contribution >= 0.6 is 0 Å². The third-order valence-corrected chi connectivity index (χ3v) is 4.66. The van der Waals surface area contributed by atoms with Crippen LogP contribution in [0.3, 0.4) is 0 Å². The van der Waals surface area contributed by atoms with Gasteiger partial charge < -0.3 is 5.32 Å². The van der Waals surface area contributed by atoms with Crippen molar-refractivity contribution in [1.29, 1.82) is 0 Å². The smallest absolute Gasteiger partial charge is 0.230 e. The molecular formula is C13H21NO. The predicted octanol–water partition coefficient (Wildman–Crippen LogP) is 2.51. The Morgan fingerprint density at radius 1 is 1.60 bits per heavy atom. The molecule has 2 bridgehead atoms. The molecule has 2 rings (SSSR count). The van der Waals surface area contributed by atoms with E-state index in [4.69, 9.17) is 0 Å². The Kier molecular flexibility index (Phi) is 2.21. The molecular weight excluding hydrogens is 186 g/mol. The third kappa shape index (κ3) is 1.20. The van der Waals surface area contributed by atoms with E-state index < -0.39 is 0 Å². The van der Waals surface area contributed by atoms with E-state index in [1.165, 1.54) is 6.42 Å². The fraction of sp³-hybridized carbons (Fsp3) is 0.769. The summed E-state index contributed by atoms with van der Waals surface area (Å²) < 4.78 is 0. The maximum atomic E-state index is 12.2. The van der Waals surface area contributed by atoms with Crippen molar-refractivity contribution < 1.29 is 4.79 Å². The van der Waals surface area contributed by atoms with Crippen LogP contribution in [-0.2, 0) is 4.79 Å². The highest BCUT2D eigenvalue weighted by Gasteiger charge is 2.60. The molecule has 0 aliphatic heterocycles. The maximum Gasteiger partial charge on any atom is 0.230 e. The van der Waals surface area contributed by atoms with Crippen molar-refractivity contribution in [3.05, 3.63) is 12.2 Å². The minimum absolute atomic E-state index is 0.156. The van der Waals surface area contributed by atoms with E-state index in [1.807, 2.05) is 6.92 Å². The molecule has 0 aromatic carbocycles. The summed E-state index contributed by atoms with van der Waals surface area (Å²) in [7, 11) is 0. The molecule has 0 aromatic rings. The second-order valence-corrected chi connectivity index (χ2v) is 5.58. The molecule has 1 N–H and O–H groups in total. The molecule has 2 atom stereocenters. The maximum absolute atomic E-state index is 12.2. The first kappa shape index (κ1) is 10.7. The van der Waals surface area contributed by atoms with E-state index in [1.54, 1.807) is 0 Å². The van der Waals surface area contributed by atoms with Crippen LogP contribution in [0.25, 0.3) is 0 Å². The molecule has 0 unspecified atom stereocenters. The number of carbonyl (C=O) groups is 1. The number of amides is 1. The van der Waals surface area contributed by atoms with Crippen LogP contribution in [-0.4, -0.2) is 12.5 Å². The summed E-state index contributed by atoms with van der Waals surface area (Å²) in [5.41, 5.74) is 1.09. The molecule has 0 spiro atoms. The van der Waals surface area contributed by atoms with Gasteiger partial charge in [0.1, 0.15) is 0 Å². The highest BCUT2D eigenvalue weighted by molar-refractivity contribution is 5.87. The van der Waals surface area contributed by atoms with Gasteiger partial charge in [-0.3, -0.25) is 4.79 Å². The Morgan fingerprint density at radius 3 is 2.73 bits per heavy atom. The first-order valence-corrected chi connectivity index (χ1v) is 5.93. The lowest BCUT2D eigenvalue weighted by molar-refractivity contribution is -0.128. The van der Waals surface area contributed by atoms with Gasteiger partial charge in [0.25, 0.3) is 0 Å². The van der Waals surface area contributed by atoms with E-state index in [0.717, 1.165) is 25.0 Å².